The fraction of sp³-hybridized carbons (Fsp3) is 0.583. The summed E-state index contributed by atoms with van der Waals surface area (Å²) in [4.78, 5) is 11.3. The number of aliphatic hydroxyl groups is 1. The lowest BCUT2D eigenvalue weighted by Gasteiger charge is -2.10. The molecular formula is C12H19NO2S. The van der Waals surface area contributed by atoms with Crippen molar-refractivity contribution >= 4 is 17.2 Å². The van der Waals surface area contributed by atoms with Gasteiger partial charge in [0.2, 0.25) is 5.91 Å². The number of carbonyl (C=O) groups excluding carboxylic acids is 1. The molecule has 0 radical (unpaired) electrons. The van der Waals surface area contributed by atoms with Crippen LogP contribution in [0.3, 0.4) is 0 Å². The molecule has 1 atom stereocenters. The van der Waals surface area contributed by atoms with Crippen molar-refractivity contribution in [2.24, 2.45) is 5.92 Å². The van der Waals surface area contributed by atoms with Crippen molar-refractivity contribution in [3.8, 4) is 0 Å². The van der Waals surface area contributed by atoms with Gasteiger partial charge in [0.25, 0.3) is 0 Å². The summed E-state index contributed by atoms with van der Waals surface area (Å²) in [7, 11) is 0. The molecule has 0 saturated heterocycles. The van der Waals surface area contributed by atoms with Crippen molar-refractivity contribution in [3.05, 3.63) is 22.4 Å². The first-order chi connectivity index (χ1) is 7.59. The molecule has 1 aromatic heterocycles. The summed E-state index contributed by atoms with van der Waals surface area (Å²) in [5.74, 6) is 0.439. The summed E-state index contributed by atoms with van der Waals surface area (Å²) in [6.07, 6.45) is 0.653. The number of amides is 1. The van der Waals surface area contributed by atoms with Crippen LogP contribution in [0.2, 0.25) is 0 Å². The third kappa shape index (κ3) is 4.77. The van der Waals surface area contributed by atoms with Gasteiger partial charge in [-0.2, -0.15) is 11.3 Å². The van der Waals surface area contributed by atoms with E-state index in [0.29, 0.717) is 25.3 Å². The van der Waals surface area contributed by atoms with Crippen molar-refractivity contribution < 1.29 is 9.90 Å². The summed E-state index contributed by atoms with van der Waals surface area (Å²) in [6.45, 7) is 4.56. The maximum atomic E-state index is 11.3. The third-order valence-corrected chi connectivity index (χ3v) is 2.96. The third-order valence-electron chi connectivity index (χ3n) is 2.26. The van der Waals surface area contributed by atoms with E-state index in [4.69, 9.17) is 0 Å². The SMILES string of the molecule is CC(C)CC(=O)NCCC(O)c1ccsc1. The van der Waals surface area contributed by atoms with Crippen LogP contribution >= 0.6 is 11.3 Å². The molecule has 1 unspecified atom stereocenters. The number of nitrogens with one attached hydrogen (secondary N) is 1. The molecule has 0 aliphatic rings. The molecule has 1 rings (SSSR count). The van der Waals surface area contributed by atoms with Crippen LogP contribution in [0.15, 0.2) is 16.8 Å². The van der Waals surface area contributed by atoms with E-state index in [1.807, 2.05) is 30.7 Å². The second kappa shape index (κ2) is 6.66. The zero-order chi connectivity index (χ0) is 12.0. The molecule has 0 fully saturated rings. The van der Waals surface area contributed by atoms with Crippen molar-refractivity contribution in [2.45, 2.75) is 32.8 Å². The van der Waals surface area contributed by atoms with Crippen LogP contribution in [0.25, 0.3) is 0 Å². The van der Waals surface area contributed by atoms with Gasteiger partial charge in [0.1, 0.15) is 0 Å². The molecule has 4 heteroatoms. The van der Waals surface area contributed by atoms with Crippen LogP contribution in [0.5, 0.6) is 0 Å². The minimum atomic E-state index is -0.467. The number of thiophene rings is 1. The Bertz CT molecular complexity index is 309. The molecule has 0 aliphatic heterocycles. The smallest absolute Gasteiger partial charge is 0.220 e. The second-order valence-electron chi connectivity index (χ2n) is 4.31. The fourth-order valence-electron chi connectivity index (χ4n) is 1.42. The maximum absolute atomic E-state index is 11.3. The summed E-state index contributed by atoms with van der Waals surface area (Å²) in [5, 5.41) is 16.4. The summed E-state index contributed by atoms with van der Waals surface area (Å²) in [6, 6.07) is 1.91. The molecule has 0 spiro atoms. The molecule has 0 saturated carbocycles. The maximum Gasteiger partial charge on any atom is 0.220 e. The summed E-state index contributed by atoms with van der Waals surface area (Å²) < 4.78 is 0. The largest absolute Gasteiger partial charge is 0.388 e. The van der Waals surface area contributed by atoms with Crippen LogP contribution in [0.1, 0.15) is 38.4 Å². The number of carbonyl (C=O) groups is 1. The highest BCUT2D eigenvalue weighted by Crippen LogP contribution is 2.18. The minimum Gasteiger partial charge on any atom is -0.388 e. The Labute approximate surface area is 100 Å². The van der Waals surface area contributed by atoms with E-state index in [-0.39, 0.29) is 5.91 Å². The zero-order valence-electron chi connectivity index (χ0n) is 9.77. The molecule has 0 aliphatic carbocycles. The topological polar surface area (TPSA) is 49.3 Å². The van der Waals surface area contributed by atoms with Crippen LogP contribution < -0.4 is 5.32 Å². The summed E-state index contributed by atoms with van der Waals surface area (Å²) >= 11 is 1.57. The van der Waals surface area contributed by atoms with E-state index in [1.165, 1.54) is 0 Å². The standard InChI is InChI=1S/C12H19NO2S/c1-9(2)7-12(15)13-5-3-11(14)10-4-6-16-8-10/h4,6,8-9,11,14H,3,5,7H2,1-2H3,(H,13,15). The number of hydrogen-bond donors (Lipinski definition) is 2. The molecule has 1 aromatic rings. The van der Waals surface area contributed by atoms with Crippen molar-refractivity contribution in [2.75, 3.05) is 6.54 Å². The quantitative estimate of drug-likeness (QED) is 0.803. The van der Waals surface area contributed by atoms with Crippen molar-refractivity contribution in [3.63, 3.8) is 0 Å². The molecule has 3 nitrogen and oxygen atoms in total. The normalized spacial score (nSPS) is 12.8. The molecule has 2 N–H and O–H groups in total. The Morgan fingerprint density at radius 1 is 1.56 bits per heavy atom. The van der Waals surface area contributed by atoms with Gasteiger partial charge in [0.05, 0.1) is 6.10 Å². The minimum absolute atomic E-state index is 0.0625. The number of aliphatic hydroxyl groups excluding tert-OH is 1. The number of rotatable bonds is 6. The molecular weight excluding hydrogens is 222 g/mol. The average Bonchev–Trinajstić information content (AvgIpc) is 2.68. The first kappa shape index (κ1) is 13.2. The highest BCUT2D eigenvalue weighted by Gasteiger charge is 2.09. The van der Waals surface area contributed by atoms with Gasteiger partial charge in [-0.1, -0.05) is 13.8 Å². The zero-order valence-corrected chi connectivity index (χ0v) is 10.6. The Hall–Kier alpha value is -0.870. The Kier molecular flexibility index (Phi) is 5.49. The van der Waals surface area contributed by atoms with E-state index in [9.17, 15) is 9.90 Å². The van der Waals surface area contributed by atoms with Crippen LogP contribution in [-0.2, 0) is 4.79 Å². The molecule has 1 heterocycles. The van der Waals surface area contributed by atoms with Gasteiger partial charge in [-0.15, -0.1) is 0 Å². The molecule has 0 aromatic carbocycles. The first-order valence-electron chi connectivity index (χ1n) is 5.56. The average molecular weight is 241 g/mol. The molecule has 90 valence electrons. The van der Waals surface area contributed by atoms with E-state index in [1.54, 1.807) is 11.3 Å². The van der Waals surface area contributed by atoms with Gasteiger partial charge in [0, 0.05) is 13.0 Å². The lowest BCUT2D eigenvalue weighted by Crippen LogP contribution is -2.26. The molecule has 0 bridgehead atoms. The van der Waals surface area contributed by atoms with Gasteiger partial charge >= 0.3 is 0 Å². The lowest BCUT2D eigenvalue weighted by molar-refractivity contribution is -0.121. The Balaban J connectivity index is 2.18. The fourth-order valence-corrected chi connectivity index (χ4v) is 2.13. The van der Waals surface area contributed by atoms with Crippen LogP contribution in [0, 0.1) is 5.92 Å². The second-order valence-corrected chi connectivity index (χ2v) is 5.09. The van der Waals surface area contributed by atoms with E-state index in [2.05, 4.69) is 5.32 Å². The van der Waals surface area contributed by atoms with Crippen molar-refractivity contribution in [1.29, 1.82) is 0 Å². The monoisotopic (exact) mass is 241 g/mol. The first-order valence-corrected chi connectivity index (χ1v) is 6.50. The van der Waals surface area contributed by atoms with Gasteiger partial charge < -0.3 is 10.4 Å². The van der Waals surface area contributed by atoms with Gasteiger partial charge in [0.15, 0.2) is 0 Å². The summed E-state index contributed by atoms with van der Waals surface area (Å²) in [5.41, 5.74) is 0.933. The van der Waals surface area contributed by atoms with Crippen LogP contribution in [0.4, 0.5) is 0 Å². The van der Waals surface area contributed by atoms with Gasteiger partial charge in [-0.3, -0.25) is 4.79 Å². The predicted octanol–water partition coefficient (Wildman–Crippen LogP) is 2.33. The van der Waals surface area contributed by atoms with E-state index < -0.39 is 6.10 Å². The van der Waals surface area contributed by atoms with Crippen LogP contribution in [-0.4, -0.2) is 17.6 Å². The Morgan fingerprint density at radius 3 is 2.88 bits per heavy atom. The number of hydrogen-bond acceptors (Lipinski definition) is 3. The van der Waals surface area contributed by atoms with Crippen molar-refractivity contribution in [1.82, 2.24) is 5.32 Å². The molecule has 1 amide bonds. The predicted molar refractivity (Wildman–Crippen MR) is 66.4 cm³/mol. The Morgan fingerprint density at radius 2 is 2.31 bits per heavy atom. The lowest BCUT2D eigenvalue weighted by atomic mass is 10.1. The van der Waals surface area contributed by atoms with Gasteiger partial charge in [-0.25, -0.2) is 0 Å². The van der Waals surface area contributed by atoms with Gasteiger partial charge in [-0.05, 0) is 34.7 Å². The highest BCUT2D eigenvalue weighted by molar-refractivity contribution is 7.07. The van der Waals surface area contributed by atoms with E-state index >= 15 is 0 Å². The highest BCUT2D eigenvalue weighted by atomic mass is 32.1. The van der Waals surface area contributed by atoms with E-state index in [0.717, 1.165) is 5.56 Å². The molecule has 16 heavy (non-hydrogen) atoms.